The van der Waals surface area contributed by atoms with Gasteiger partial charge in [-0.25, -0.2) is 4.68 Å². The summed E-state index contributed by atoms with van der Waals surface area (Å²) in [6.07, 6.45) is -0.787. The third kappa shape index (κ3) is 2.60. The number of aromatic nitrogens is 2. The molecule has 6 heteroatoms. The van der Waals surface area contributed by atoms with Crippen LogP contribution in [0.1, 0.15) is 12.6 Å². The summed E-state index contributed by atoms with van der Waals surface area (Å²) in [5, 5.41) is 25.1. The zero-order valence-corrected chi connectivity index (χ0v) is 9.06. The summed E-state index contributed by atoms with van der Waals surface area (Å²) in [4.78, 5) is 0. The normalized spacial score (nSPS) is 12.8. The lowest BCUT2D eigenvalue weighted by Gasteiger charge is -2.11. The predicted octanol–water partition coefficient (Wildman–Crippen LogP) is -0.441. The fourth-order valence-corrected chi connectivity index (χ4v) is 1.29. The Balaban J connectivity index is 2.74. The molecule has 86 valence electrons. The van der Waals surface area contributed by atoms with E-state index >= 15 is 0 Å². The van der Waals surface area contributed by atoms with Gasteiger partial charge in [-0.15, -0.1) is 0 Å². The topological polar surface area (TPSA) is 96.3 Å². The Bertz CT molecular complexity index is 324. The molecular weight excluding hydrogens is 196 g/mol. The van der Waals surface area contributed by atoms with E-state index in [1.807, 2.05) is 13.8 Å². The monoisotopic (exact) mass is 214 g/mol. The molecule has 0 bridgehead atoms. The number of anilines is 2. The predicted molar refractivity (Wildman–Crippen MR) is 58.6 cm³/mol. The SMILES string of the molecule is CCn1nc(C)c(N)c1NCC(O)CO. The minimum atomic E-state index is -0.787. The van der Waals surface area contributed by atoms with Gasteiger partial charge in [0.2, 0.25) is 0 Å². The Morgan fingerprint density at radius 1 is 1.60 bits per heavy atom. The van der Waals surface area contributed by atoms with Crippen molar-refractivity contribution in [3.05, 3.63) is 5.69 Å². The smallest absolute Gasteiger partial charge is 0.148 e. The molecule has 1 heterocycles. The first kappa shape index (κ1) is 11.8. The summed E-state index contributed by atoms with van der Waals surface area (Å²) in [6, 6.07) is 0. The zero-order valence-electron chi connectivity index (χ0n) is 9.06. The number of hydrogen-bond acceptors (Lipinski definition) is 5. The molecular formula is C9H18N4O2. The number of nitrogen functional groups attached to an aromatic ring is 1. The van der Waals surface area contributed by atoms with Crippen molar-refractivity contribution >= 4 is 11.5 Å². The van der Waals surface area contributed by atoms with E-state index in [0.717, 1.165) is 5.69 Å². The molecule has 1 atom stereocenters. The van der Waals surface area contributed by atoms with Crippen LogP contribution in [0.2, 0.25) is 0 Å². The van der Waals surface area contributed by atoms with Crippen LogP contribution in [-0.4, -0.2) is 39.2 Å². The third-order valence-corrected chi connectivity index (χ3v) is 2.19. The van der Waals surface area contributed by atoms with E-state index in [1.54, 1.807) is 4.68 Å². The maximum Gasteiger partial charge on any atom is 0.148 e. The minimum Gasteiger partial charge on any atom is -0.394 e. The first-order valence-electron chi connectivity index (χ1n) is 4.95. The maximum atomic E-state index is 9.20. The second-order valence-corrected chi connectivity index (χ2v) is 3.38. The van der Waals surface area contributed by atoms with E-state index in [2.05, 4.69) is 10.4 Å². The van der Waals surface area contributed by atoms with Crippen molar-refractivity contribution in [3.63, 3.8) is 0 Å². The van der Waals surface area contributed by atoms with Gasteiger partial charge in [-0.1, -0.05) is 0 Å². The van der Waals surface area contributed by atoms with Crippen molar-refractivity contribution in [2.24, 2.45) is 0 Å². The van der Waals surface area contributed by atoms with Gasteiger partial charge in [-0.05, 0) is 13.8 Å². The molecule has 0 spiro atoms. The highest BCUT2D eigenvalue weighted by molar-refractivity contribution is 5.64. The van der Waals surface area contributed by atoms with E-state index in [1.165, 1.54) is 0 Å². The van der Waals surface area contributed by atoms with Gasteiger partial charge in [-0.3, -0.25) is 0 Å². The van der Waals surface area contributed by atoms with Gasteiger partial charge in [0, 0.05) is 13.1 Å². The van der Waals surface area contributed by atoms with E-state index in [4.69, 9.17) is 10.8 Å². The molecule has 0 aliphatic rings. The van der Waals surface area contributed by atoms with Gasteiger partial charge in [0.05, 0.1) is 24.1 Å². The lowest BCUT2D eigenvalue weighted by Crippen LogP contribution is -2.24. The van der Waals surface area contributed by atoms with Crippen LogP contribution in [0.4, 0.5) is 11.5 Å². The van der Waals surface area contributed by atoms with E-state index < -0.39 is 6.10 Å². The van der Waals surface area contributed by atoms with Crippen molar-refractivity contribution < 1.29 is 10.2 Å². The number of hydrogen-bond donors (Lipinski definition) is 4. The molecule has 5 N–H and O–H groups in total. The standard InChI is InChI=1S/C9H18N4O2/c1-3-13-9(8(10)6(2)12-13)11-4-7(15)5-14/h7,11,14-15H,3-5,10H2,1-2H3. The lowest BCUT2D eigenvalue weighted by atomic mass is 10.3. The van der Waals surface area contributed by atoms with Crippen LogP contribution < -0.4 is 11.1 Å². The highest BCUT2D eigenvalue weighted by atomic mass is 16.3. The van der Waals surface area contributed by atoms with E-state index in [-0.39, 0.29) is 13.2 Å². The summed E-state index contributed by atoms with van der Waals surface area (Å²) in [5.74, 6) is 0.697. The minimum absolute atomic E-state index is 0.256. The highest BCUT2D eigenvalue weighted by Gasteiger charge is 2.12. The summed E-state index contributed by atoms with van der Waals surface area (Å²) in [5.41, 5.74) is 7.16. The quantitative estimate of drug-likeness (QED) is 0.533. The van der Waals surface area contributed by atoms with Crippen molar-refractivity contribution in [2.75, 3.05) is 24.2 Å². The number of rotatable bonds is 5. The number of nitrogens with two attached hydrogens (primary N) is 1. The number of aryl methyl sites for hydroxylation is 2. The average molecular weight is 214 g/mol. The average Bonchev–Trinajstić information content (AvgIpc) is 2.52. The molecule has 0 aliphatic heterocycles. The Hall–Kier alpha value is -1.27. The van der Waals surface area contributed by atoms with Crippen LogP contribution in [0.25, 0.3) is 0 Å². The fourth-order valence-electron chi connectivity index (χ4n) is 1.29. The van der Waals surface area contributed by atoms with Crippen molar-refractivity contribution in [1.82, 2.24) is 9.78 Å². The summed E-state index contributed by atoms with van der Waals surface area (Å²) in [6.45, 7) is 4.47. The van der Waals surface area contributed by atoms with Crippen LogP contribution in [0.15, 0.2) is 0 Å². The number of aliphatic hydroxyl groups is 2. The van der Waals surface area contributed by atoms with Gasteiger partial charge in [0.1, 0.15) is 5.82 Å². The number of nitrogens with zero attached hydrogens (tertiary/aromatic N) is 2. The molecule has 0 fully saturated rings. The lowest BCUT2D eigenvalue weighted by molar-refractivity contribution is 0.105. The van der Waals surface area contributed by atoms with Crippen LogP contribution in [0.5, 0.6) is 0 Å². The Kier molecular flexibility index (Phi) is 3.93. The van der Waals surface area contributed by atoms with Gasteiger partial charge < -0.3 is 21.3 Å². The van der Waals surface area contributed by atoms with Crippen molar-refractivity contribution in [2.45, 2.75) is 26.5 Å². The fraction of sp³-hybridized carbons (Fsp3) is 0.667. The van der Waals surface area contributed by atoms with Crippen LogP contribution in [0.3, 0.4) is 0 Å². The molecule has 0 saturated carbocycles. The maximum absolute atomic E-state index is 9.20. The van der Waals surface area contributed by atoms with Crippen LogP contribution in [0, 0.1) is 6.92 Å². The van der Waals surface area contributed by atoms with E-state index in [9.17, 15) is 5.11 Å². The largest absolute Gasteiger partial charge is 0.394 e. The van der Waals surface area contributed by atoms with Crippen LogP contribution in [-0.2, 0) is 6.54 Å². The van der Waals surface area contributed by atoms with Crippen LogP contribution >= 0.6 is 0 Å². The third-order valence-electron chi connectivity index (χ3n) is 2.19. The second kappa shape index (κ2) is 4.99. The van der Waals surface area contributed by atoms with E-state index in [0.29, 0.717) is 18.1 Å². The first-order chi connectivity index (χ1) is 7.10. The van der Waals surface area contributed by atoms with Crippen molar-refractivity contribution in [1.29, 1.82) is 0 Å². The molecule has 1 aromatic rings. The van der Waals surface area contributed by atoms with Gasteiger partial charge >= 0.3 is 0 Å². The molecule has 0 radical (unpaired) electrons. The second-order valence-electron chi connectivity index (χ2n) is 3.38. The molecule has 0 aliphatic carbocycles. The summed E-state index contributed by atoms with van der Waals surface area (Å²) in [7, 11) is 0. The molecule has 1 aromatic heterocycles. The van der Waals surface area contributed by atoms with Gasteiger partial charge in [0.15, 0.2) is 0 Å². The van der Waals surface area contributed by atoms with Gasteiger partial charge in [0.25, 0.3) is 0 Å². The Morgan fingerprint density at radius 2 is 2.27 bits per heavy atom. The molecule has 6 nitrogen and oxygen atoms in total. The molecule has 1 rings (SSSR count). The molecule has 1 unspecified atom stereocenters. The Labute approximate surface area is 88.7 Å². The molecule has 0 amide bonds. The summed E-state index contributed by atoms with van der Waals surface area (Å²) < 4.78 is 1.73. The van der Waals surface area contributed by atoms with Crippen molar-refractivity contribution in [3.8, 4) is 0 Å². The zero-order chi connectivity index (χ0) is 11.4. The Morgan fingerprint density at radius 3 is 2.80 bits per heavy atom. The first-order valence-corrected chi connectivity index (χ1v) is 4.95. The highest BCUT2D eigenvalue weighted by Crippen LogP contribution is 2.21. The molecule has 0 saturated heterocycles. The summed E-state index contributed by atoms with van der Waals surface area (Å²) >= 11 is 0. The number of nitrogens with one attached hydrogen (secondary N) is 1. The molecule has 0 aromatic carbocycles. The molecule has 15 heavy (non-hydrogen) atoms. The number of aliphatic hydroxyl groups excluding tert-OH is 2. The van der Waals surface area contributed by atoms with Gasteiger partial charge in [-0.2, -0.15) is 5.10 Å².